The van der Waals surface area contributed by atoms with E-state index in [-0.39, 0.29) is 0 Å². The molecule has 2 N–H and O–H groups in total. The lowest BCUT2D eigenvalue weighted by Gasteiger charge is -2.26. The van der Waals surface area contributed by atoms with Gasteiger partial charge in [-0.2, -0.15) is 5.10 Å². The van der Waals surface area contributed by atoms with Crippen molar-refractivity contribution < 1.29 is 4.74 Å². The molecule has 0 spiro atoms. The Labute approximate surface area is 131 Å². The molecule has 1 aliphatic rings. The third-order valence-electron chi connectivity index (χ3n) is 4.09. The maximum atomic E-state index is 5.37. The summed E-state index contributed by atoms with van der Waals surface area (Å²) in [6, 6.07) is 8.62. The molecule has 118 valence electrons. The van der Waals surface area contributed by atoms with E-state index in [0.29, 0.717) is 5.92 Å². The van der Waals surface area contributed by atoms with Gasteiger partial charge in [-0.1, -0.05) is 26.0 Å². The van der Waals surface area contributed by atoms with E-state index in [1.807, 2.05) is 0 Å². The van der Waals surface area contributed by atoms with Crippen LogP contribution in [0.3, 0.4) is 0 Å². The Balaban J connectivity index is 1.72. The summed E-state index contributed by atoms with van der Waals surface area (Å²) in [5, 5.41) is 10.9. The number of H-pyrrole nitrogens is 1. The first-order chi connectivity index (χ1) is 10.6. The molecule has 1 aromatic carbocycles. The molecule has 1 fully saturated rings. The number of aryl methyl sites for hydroxylation is 1. The van der Waals surface area contributed by atoms with E-state index in [1.165, 1.54) is 11.1 Å². The molecule has 5 nitrogen and oxygen atoms in total. The van der Waals surface area contributed by atoms with Crippen molar-refractivity contribution in [1.82, 2.24) is 10.2 Å². The number of anilines is 3. The molecule has 2 aromatic rings. The van der Waals surface area contributed by atoms with Gasteiger partial charge in [0.2, 0.25) is 0 Å². The van der Waals surface area contributed by atoms with Gasteiger partial charge >= 0.3 is 0 Å². The lowest BCUT2D eigenvalue weighted by Crippen LogP contribution is -2.36. The summed E-state index contributed by atoms with van der Waals surface area (Å²) < 4.78 is 5.37. The van der Waals surface area contributed by atoms with Crippen molar-refractivity contribution in [3.63, 3.8) is 0 Å². The second-order valence-electron chi connectivity index (χ2n) is 6.09. The molecule has 0 atom stereocenters. The van der Waals surface area contributed by atoms with Crippen LogP contribution in [-0.4, -0.2) is 36.5 Å². The molecule has 22 heavy (non-hydrogen) atoms. The van der Waals surface area contributed by atoms with Crippen molar-refractivity contribution in [2.24, 2.45) is 0 Å². The quantitative estimate of drug-likeness (QED) is 0.908. The number of morpholine rings is 1. The number of benzene rings is 1. The Morgan fingerprint density at radius 2 is 2.00 bits per heavy atom. The highest BCUT2D eigenvalue weighted by Crippen LogP contribution is 2.25. The fourth-order valence-electron chi connectivity index (χ4n) is 2.66. The van der Waals surface area contributed by atoms with E-state index in [0.717, 1.165) is 43.6 Å². The topological polar surface area (TPSA) is 53.2 Å². The summed E-state index contributed by atoms with van der Waals surface area (Å²) in [7, 11) is 0. The van der Waals surface area contributed by atoms with Crippen molar-refractivity contribution in [2.75, 3.05) is 36.5 Å². The van der Waals surface area contributed by atoms with Crippen molar-refractivity contribution in [3.05, 3.63) is 35.4 Å². The molecule has 3 rings (SSSR count). The molecule has 1 aromatic heterocycles. The zero-order valence-corrected chi connectivity index (χ0v) is 13.5. The number of rotatable bonds is 4. The molecule has 0 bridgehead atoms. The predicted molar refractivity (Wildman–Crippen MR) is 90.2 cm³/mol. The fourth-order valence-corrected chi connectivity index (χ4v) is 2.66. The minimum absolute atomic E-state index is 0.549. The second-order valence-corrected chi connectivity index (χ2v) is 6.09. The van der Waals surface area contributed by atoms with Gasteiger partial charge < -0.3 is 15.0 Å². The van der Waals surface area contributed by atoms with Crippen LogP contribution in [0.4, 0.5) is 17.3 Å². The number of nitrogens with one attached hydrogen (secondary N) is 2. The van der Waals surface area contributed by atoms with Gasteiger partial charge in [-0.3, -0.25) is 5.10 Å². The van der Waals surface area contributed by atoms with Gasteiger partial charge in [0.15, 0.2) is 5.82 Å². The van der Waals surface area contributed by atoms with Crippen LogP contribution in [-0.2, 0) is 4.74 Å². The Kier molecular flexibility index (Phi) is 4.34. The molecular weight excluding hydrogens is 276 g/mol. The molecule has 1 saturated heterocycles. The average molecular weight is 300 g/mol. The van der Waals surface area contributed by atoms with Crippen molar-refractivity contribution in [3.8, 4) is 0 Å². The van der Waals surface area contributed by atoms with Crippen LogP contribution in [0.15, 0.2) is 24.3 Å². The minimum atomic E-state index is 0.549. The van der Waals surface area contributed by atoms with E-state index in [4.69, 9.17) is 4.74 Å². The second kappa shape index (κ2) is 6.40. The monoisotopic (exact) mass is 300 g/mol. The predicted octanol–water partition coefficient (Wildman–Crippen LogP) is 3.42. The smallest absolute Gasteiger partial charge is 0.152 e. The zero-order valence-electron chi connectivity index (χ0n) is 13.5. The number of ether oxygens (including phenoxy) is 1. The minimum Gasteiger partial charge on any atom is -0.378 e. The number of aromatic nitrogens is 2. The fraction of sp³-hybridized carbons (Fsp3) is 0.471. The number of hydrogen-bond donors (Lipinski definition) is 2. The molecule has 0 aliphatic carbocycles. The molecule has 1 aliphatic heterocycles. The van der Waals surface area contributed by atoms with E-state index in [9.17, 15) is 0 Å². The van der Waals surface area contributed by atoms with E-state index >= 15 is 0 Å². The van der Waals surface area contributed by atoms with E-state index in [2.05, 4.69) is 65.5 Å². The summed E-state index contributed by atoms with van der Waals surface area (Å²) in [6.07, 6.45) is 0. The Hall–Kier alpha value is -2.01. The first-order valence-corrected chi connectivity index (χ1v) is 7.89. The first-order valence-electron chi connectivity index (χ1n) is 7.89. The highest BCUT2D eigenvalue weighted by atomic mass is 16.5. The summed E-state index contributed by atoms with van der Waals surface area (Å²) in [5.74, 6) is 2.44. The zero-order chi connectivity index (χ0) is 15.5. The lowest BCUT2D eigenvalue weighted by atomic mass is 10.0. The van der Waals surface area contributed by atoms with Gasteiger partial charge in [-0.15, -0.1) is 0 Å². The average Bonchev–Trinajstić information content (AvgIpc) is 2.98. The standard InChI is InChI=1S/C17H24N4O/c1-12(2)14-4-5-15(13(3)10-14)18-16-11-17(20-19-16)21-6-8-22-9-7-21/h4-5,10-12H,6-9H2,1-3H3,(H2,18,19,20). The van der Waals surface area contributed by atoms with Gasteiger partial charge in [-0.25, -0.2) is 0 Å². The Bertz CT molecular complexity index is 629. The number of nitrogens with zero attached hydrogens (tertiary/aromatic N) is 2. The number of hydrogen-bond acceptors (Lipinski definition) is 4. The Morgan fingerprint density at radius 1 is 1.23 bits per heavy atom. The summed E-state index contributed by atoms with van der Waals surface area (Å²) in [5.41, 5.74) is 3.72. The van der Waals surface area contributed by atoms with Crippen LogP contribution < -0.4 is 10.2 Å². The van der Waals surface area contributed by atoms with E-state index in [1.54, 1.807) is 0 Å². The van der Waals surface area contributed by atoms with E-state index < -0.39 is 0 Å². The molecule has 0 amide bonds. The lowest BCUT2D eigenvalue weighted by molar-refractivity contribution is 0.122. The van der Waals surface area contributed by atoms with Crippen molar-refractivity contribution in [2.45, 2.75) is 26.7 Å². The maximum absolute atomic E-state index is 5.37. The van der Waals surface area contributed by atoms with Crippen LogP contribution in [0.25, 0.3) is 0 Å². The maximum Gasteiger partial charge on any atom is 0.152 e. The molecule has 0 unspecified atom stereocenters. The summed E-state index contributed by atoms with van der Waals surface area (Å²) in [4.78, 5) is 2.24. The Morgan fingerprint density at radius 3 is 2.68 bits per heavy atom. The van der Waals surface area contributed by atoms with Crippen molar-refractivity contribution >= 4 is 17.3 Å². The molecule has 0 saturated carbocycles. The van der Waals surface area contributed by atoms with Crippen LogP contribution in [0.2, 0.25) is 0 Å². The third-order valence-corrected chi connectivity index (χ3v) is 4.09. The highest BCUT2D eigenvalue weighted by molar-refractivity contribution is 5.63. The third kappa shape index (κ3) is 3.25. The number of aromatic amines is 1. The largest absolute Gasteiger partial charge is 0.378 e. The van der Waals surface area contributed by atoms with Gasteiger partial charge in [0, 0.05) is 24.8 Å². The summed E-state index contributed by atoms with van der Waals surface area (Å²) in [6.45, 7) is 9.89. The highest BCUT2D eigenvalue weighted by Gasteiger charge is 2.14. The van der Waals surface area contributed by atoms with Crippen LogP contribution in [0, 0.1) is 6.92 Å². The molecule has 0 radical (unpaired) electrons. The van der Waals surface area contributed by atoms with Gasteiger partial charge in [0.1, 0.15) is 5.82 Å². The first kappa shape index (κ1) is 14.9. The van der Waals surface area contributed by atoms with Crippen LogP contribution >= 0.6 is 0 Å². The summed E-state index contributed by atoms with van der Waals surface area (Å²) >= 11 is 0. The SMILES string of the molecule is Cc1cc(C(C)C)ccc1Nc1cc(N2CCOCC2)n[nH]1. The van der Waals surface area contributed by atoms with Crippen LogP contribution in [0.5, 0.6) is 0 Å². The van der Waals surface area contributed by atoms with Gasteiger partial charge in [0.25, 0.3) is 0 Å². The van der Waals surface area contributed by atoms with Gasteiger partial charge in [-0.05, 0) is 30.0 Å². The van der Waals surface area contributed by atoms with Gasteiger partial charge in [0.05, 0.1) is 13.2 Å². The van der Waals surface area contributed by atoms with Crippen molar-refractivity contribution in [1.29, 1.82) is 0 Å². The normalized spacial score (nSPS) is 15.4. The molecule has 2 heterocycles. The van der Waals surface area contributed by atoms with Crippen LogP contribution in [0.1, 0.15) is 30.9 Å². The molecular formula is C17H24N4O. The molecule has 5 heteroatoms.